The van der Waals surface area contributed by atoms with Crippen LogP contribution in [0.4, 0.5) is 4.79 Å². The van der Waals surface area contributed by atoms with Gasteiger partial charge in [0.1, 0.15) is 17.9 Å². The molecule has 3 aromatic carbocycles. The first kappa shape index (κ1) is 26.1. The Morgan fingerprint density at radius 1 is 1.00 bits per heavy atom. The molecule has 3 aromatic rings. The van der Waals surface area contributed by atoms with Crippen molar-refractivity contribution in [1.29, 1.82) is 5.41 Å². The third-order valence-electron chi connectivity index (χ3n) is 6.48. The number of imide groups is 1. The molecule has 10 heteroatoms. The molecule has 0 aliphatic carbocycles. The average Bonchev–Trinajstić information content (AvgIpc) is 3.12. The maximum absolute atomic E-state index is 13.2. The number of hydrogen-bond acceptors (Lipinski definition) is 5. The van der Waals surface area contributed by atoms with Crippen LogP contribution in [0.3, 0.4) is 0 Å². The van der Waals surface area contributed by atoms with Crippen molar-refractivity contribution >= 4 is 29.7 Å². The molecule has 38 heavy (non-hydrogen) atoms. The van der Waals surface area contributed by atoms with E-state index in [0.29, 0.717) is 16.7 Å². The molecule has 2 atom stereocenters. The van der Waals surface area contributed by atoms with E-state index in [1.807, 2.05) is 42.5 Å². The van der Waals surface area contributed by atoms with Crippen LogP contribution in [0, 0.1) is 5.41 Å². The van der Waals surface area contributed by atoms with Crippen LogP contribution in [0.25, 0.3) is 11.1 Å². The van der Waals surface area contributed by atoms with E-state index >= 15 is 0 Å². The minimum absolute atomic E-state index is 0.132. The van der Waals surface area contributed by atoms with Crippen molar-refractivity contribution in [2.24, 2.45) is 5.73 Å². The molecule has 0 radical (unpaired) electrons. The van der Waals surface area contributed by atoms with Crippen molar-refractivity contribution < 1.29 is 24.3 Å². The highest BCUT2D eigenvalue weighted by atomic mass is 16.4. The van der Waals surface area contributed by atoms with Gasteiger partial charge in [-0.15, -0.1) is 0 Å². The van der Waals surface area contributed by atoms with Gasteiger partial charge in [-0.3, -0.25) is 24.7 Å². The number of rotatable bonds is 9. The third-order valence-corrected chi connectivity index (χ3v) is 6.48. The van der Waals surface area contributed by atoms with Gasteiger partial charge in [-0.05, 0) is 29.2 Å². The lowest BCUT2D eigenvalue weighted by molar-refractivity contribution is -0.138. The van der Waals surface area contributed by atoms with E-state index in [9.17, 15) is 24.3 Å². The number of nitrogens with one attached hydrogen (secondary N) is 3. The number of amides is 4. The van der Waals surface area contributed by atoms with Crippen LogP contribution in [0.5, 0.6) is 0 Å². The van der Waals surface area contributed by atoms with Gasteiger partial charge in [0.2, 0.25) is 5.91 Å². The normalized spacial score (nSPS) is 17.6. The quantitative estimate of drug-likeness (QED) is 0.168. The molecule has 0 aromatic heterocycles. The van der Waals surface area contributed by atoms with Crippen molar-refractivity contribution in [2.45, 2.75) is 24.9 Å². The van der Waals surface area contributed by atoms with Crippen LogP contribution in [-0.4, -0.2) is 46.2 Å². The molecule has 194 valence electrons. The topological polar surface area (TPSA) is 166 Å². The fraction of sp³-hybridized carbons (Fsp3) is 0.179. The minimum atomic E-state index is -1.42. The zero-order valence-corrected chi connectivity index (χ0v) is 20.6. The van der Waals surface area contributed by atoms with E-state index in [-0.39, 0.29) is 12.3 Å². The second kappa shape index (κ2) is 10.6. The predicted octanol–water partition coefficient (Wildman–Crippen LogP) is 2.74. The first-order valence-electron chi connectivity index (χ1n) is 11.8. The van der Waals surface area contributed by atoms with Crippen LogP contribution in [0.15, 0.2) is 78.9 Å². The summed E-state index contributed by atoms with van der Waals surface area (Å²) in [5, 5.41) is 22.2. The van der Waals surface area contributed by atoms with Gasteiger partial charge in [-0.1, -0.05) is 78.9 Å². The zero-order chi connectivity index (χ0) is 27.4. The highest BCUT2D eigenvalue weighted by Crippen LogP contribution is 2.29. The van der Waals surface area contributed by atoms with E-state index in [2.05, 4.69) is 10.6 Å². The Morgan fingerprint density at radius 2 is 1.61 bits per heavy atom. The molecule has 6 N–H and O–H groups in total. The standard InChI is InChI=1S/C28H27N5O5/c1-28(21-13-11-20(12-14-21)25(29)30)26(37)33(27(38)32-28)16-23(34)31-22(15-24(35)36)19-9-7-18(8-10-19)17-5-3-2-4-6-17/h2-14,22H,15-16H2,1H3,(H3,29,30)(H,31,34)(H,32,38)(H,35,36). The molecule has 0 bridgehead atoms. The van der Waals surface area contributed by atoms with Gasteiger partial charge in [-0.2, -0.15) is 0 Å². The van der Waals surface area contributed by atoms with Crippen LogP contribution in [-0.2, 0) is 19.9 Å². The number of urea groups is 1. The summed E-state index contributed by atoms with van der Waals surface area (Å²) in [5.74, 6) is -2.55. The van der Waals surface area contributed by atoms with Gasteiger partial charge in [0, 0.05) is 5.56 Å². The summed E-state index contributed by atoms with van der Waals surface area (Å²) in [7, 11) is 0. The molecule has 1 fully saturated rings. The molecule has 1 aliphatic rings. The number of amidine groups is 1. The lowest BCUT2D eigenvalue weighted by Gasteiger charge is -2.23. The summed E-state index contributed by atoms with van der Waals surface area (Å²) in [6, 6.07) is 21.5. The maximum atomic E-state index is 13.2. The minimum Gasteiger partial charge on any atom is -0.481 e. The Hall–Kier alpha value is -4.99. The van der Waals surface area contributed by atoms with Crippen molar-refractivity contribution in [3.05, 3.63) is 95.6 Å². The van der Waals surface area contributed by atoms with Gasteiger partial charge < -0.3 is 21.5 Å². The van der Waals surface area contributed by atoms with Gasteiger partial charge >= 0.3 is 12.0 Å². The summed E-state index contributed by atoms with van der Waals surface area (Å²) in [5.41, 5.74) is 7.50. The van der Waals surface area contributed by atoms with E-state index in [4.69, 9.17) is 11.1 Å². The van der Waals surface area contributed by atoms with Gasteiger partial charge in [0.15, 0.2) is 0 Å². The molecule has 2 unspecified atom stereocenters. The first-order valence-corrected chi connectivity index (χ1v) is 11.8. The van der Waals surface area contributed by atoms with Crippen LogP contribution >= 0.6 is 0 Å². The highest BCUT2D eigenvalue weighted by molar-refractivity contribution is 6.09. The second-order valence-corrected chi connectivity index (χ2v) is 9.14. The summed E-state index contributed by atoms with van der Waals surface area (Å²) in [4.78, 5) is 51.1. The fourth-order valence-electron chi connectivity index (χ4n) is 4.37. The Kier molecular flexibility index (Phi) is 7.24. The summed E-state index contributed by atoms with van der Waals surface area (Å²) in [6.07, 6.45) is -0.378. The molecule has 0 saturated carbocycles. The third kappa shape index (κ3) is 5.39. The Morgan fingerprint density at radius 3 is 2.18 bits per heavy atom. The lowest BCUT2D eigenvalue weighted by Crippen LogP contribution is -2.44. The second-order valence-electron chi connectivity index (χ2n) is 9.14. The number of nitrogens with zero attached hydrogens (tertiary/aromatic N) is 1. The fourth-order valence-corrected chi connectivity index (χ4v) is 4.37. The SMILES string of the molecule is CC1(c2ccc(C(=N)N)cc2)NC(=O)N(CC(=O)NC(CC(=O)O)c2ccc(-c3ccccc3)cc2)C1=O. The molecular weight excluding hydrogens is 486 g/mol. The largest absolute Gasteiger partial charge is 0.481 e. The first-order chi connectivity index (χ1) is 18.1. The summed E-state index contributed by atoms with van der Waals surface area (Å²) < 4.78 is 0. The van der Waals surface area contributed by atoms with Gasteiger partial charge in [0.25, 0.3) is 5.91 Å². The summed E-state index contributed by atoms with van der Waals surface area (Å²) in [6.45, 7) is 0.944. The van der Waals surface area contributed by atoms with Crippen molar-refractivity contribution in [2.75, 3.05) is 6.54 Å². The Labute approximate surface area is 219 Å². The smallest absolute Gasteiger partial charge is 0.325 e. The van der Waals surface area contributed by atoms with E-state index in [1.54, 1.807) is 36.4 Å². The number of carbonyl (C=O) groups is 4. The number of hydrogen-bond donors (Lipinski definition) is 5. The predicted molar refractivity (Wildman–Crippen MR) is 140 cm³/mol. The number of nitrogens with two attached hydrogens (primary N) is 1. The van der Waals surface area contributed by atoms with E-state index in [0.717, 1.165) is 16.0 Å². The van der Waals surface area contributed by atoms with Crippen molar-refractivity contribution in [1.82, 2.24) is 15.5 Å². The summed E-state index contributed by atoms with van der Waals surface area (Å²) >= 11 is 0. The number of benzene rings is 3. The molecule has 4 amide bonds. The number of carbonyl (C=O) groups excluding carboxylic acids is 3. The Bertz CT molecular complexity index is 1390. The van der Waals surface area contributed by atoms with E-state index in [1.165, 1.54) is 6.92 Å². The number of carboxylic acid groups (broad SMARTS) is 1. The Balaban J connectivity index is 1.48. The number of aliphatic carboxylic acids is 1. The number of carboxylic acids is 1. The lowest BCUT2D eigenvalue weighted by atomic mass is 9.91. The molecule has 4 rings (SSSR count). The zero-order valence-electron chi connectivity index (χ0n) is 20.6. The number of nitrogen functional groups attached to an aromatic ring is 1. The van der Waals surface area contributed by atoms with Gasteiger partial charge in [-0.25, -0.2) is 4.79 Å². The monoisotopic (exact) mass is 513 g/mol. The van der Waals surface area contributed by atoms with Crippen LogP contribution < -0.4 is 16.4 Å². The molecule has 1 aliphatic heterocycles. The molecule has 1 saturated heterocycles. The maximum Gasteiger partial charge on any atom is 0.325 e. The molecular formula is C28H27N5O5. The van der Waals surface area contributed by atoms with Crippen LogP contribution in [0.2, 0.25) is 0 Å². The van der Waals surface area contributed by atoms with Crippen molar-refractivity contribution in [3.63, 3.8) is 0 Å². The van der Waals surface area contributed by atoms with E-state index < -0.39 is 41.9 Å². The molecule has 10 nitrogen and oxygen atoms in total. The van der Waals surface area contributed by atoms with Crippen LogP contribution in [0.1, 0.15) is 36.1 Å². The highest BCUT2D eigenvalue weighted by Gasteiger charge is 2.49. The van der Waals surface area contributed by atoms with Crippen molar-refractivity contribution in [3.8, 4) is 11.1 Å². The molecule has 1 heterocycles. The average molecular weight is 514 g/mol. The van der Waals surface area contributed by atoms with Gasteiger partial charge in [0.05, 0.1) is 12.5 Å². The molecule has 0 spiro atoms.